The molecule has 1 amide bonds. The lowest BCUT2D eigenvalue weighted by Crippen LogP contribution is -2.43. The molecule has 0 bridgehead atoms. The van der Waals surface area contributed by atoms with Gasteiger partial charge in [-0.15, -0.1) is 0 Å². The molecule has 0 aliphatic rings. The van der Waals surface area contributed by atoms with E-state index in [0.29, 0.717) is 19.7 Å². The van der Waals surface area contributed by atoms with Crippen LogP contribution in [-0.2, 0) is 16.1 Å². The Kier molecular flexibility index (Phi) is 6.08. The number of nitrogens with zero attached hydrogens (tertiary/aromatic N) is 2. The molecule has 0 saturated heterocycles. The number of nitro groups is 1. The fourth-order valence-electron chi connectivity index (χ4n) is 1.76. The van der Waals surface area contributed by atoms with E-state index in [1.54, 1.807) is 26.2 Å². The van der Waals surface area contributed by atoms with Crippen LogP contribution in [0.1, 0.15) is 12.5 Å². The second kappa shape index (κ2) is 7.56. The number of carbonyl (C=O) groups is 1. The molecule has 20 heavy (non-hydrogen) atoms. The van der Waals surface area contributed by atoms with Crippen molar-refractivity contribution in [3.63, 3.8) is 0 Å². The highest BCUT2D eigenvalue weighted by Crippen LogP contribution is 2.14. The zero-order valence-corrected chi connectivity index (χ0v) is 11.6. The third-order valence-corrected chi connectivity index (χ3v) is 3.07. The Balaban J connectivity index is 2.77. The minimum absolute atomic E-state index is 0.0418. The Labute approximate surface area is 117 Å². The Hall–Kier alpha value is -1.99. The standard InChI is InChI=1S/C13H19N3O4/c1-10(13(14)17)15(7-8-20-2)9-11-3-5-12(6-4-11)16(18)19/h3-6,10H,7-9H2,1-2H3,(H2,14,17). The highest BCUT2D eigenvalue weighted by atomic mass is 16.6. The number of primary amides is 1. The quantitative estimate of drug-likeness (QED) is 0.564. The molecule has 1 rings (SSSR count). The first-order valence-electron chi connectivity index (χ1n) is 6.21. The summed E-state index contributed by atoms with van der Waals surface area (Å²) in [6.07, 6.45) is 0. The second-order valence-corrected chi connectivity index (χ2v) is 4.47. The molecule has 2 N–H and O–H groups in total. The highest BCUT2D eigenvalue weighted by molar-refractivity contribution is 5.79. The first kappa shape index (κ1) is 16.1. The number of nitro benzene ring substituents is 1. The average molecular weight is 281 g/mol. The zero-order valence-electron chi connectivity index (χ0n) is 11.6. The molecule has 1 atom stereocenters. The Morgan fingerprint density at radius 1 is 1.45 bits per heavy atom. The SMILES string of the molecule is COCCN(Cc1ccc([N+](=O)[O-])cc1)C(C)C(N)=O. The van der Waals surface area contributed by atoms with E-state index in [2.05, 4.69) is 0 Å². The molecule has 0 radical (unpaired) electrons. The molecule has 0 saturated carbocycles. The minimum atomic E-state index is -0.446. The maximum absolute atomic E-state index is 11.3. The van der Waals surface area contributed by atoms with E-state index in [4.69, 9.17) is 10.5 Å². The van der Waals surface area contributed by atoms with Crippen molar-refractivity contribution in [3.8, 4) is 0 Å². The number of methoxy groups -OCH3 is 1. The molecule has 1 unspecified atom stereocenters. The summed E-state index contributed by atoms with van der Waals surface area (Å²) in [5, 5.41) is 10.6. The number of rotatable bonds is 8. The normalized spacial score (nSPS) is 12.3. The molecule has 7 nitrogen and oxygen atoms in total. The molecule has 7 heteroatoms. The van der Waals surface area contributed by atoms with Crippen LogP contribution in [0.25, 0.3) is 0 Å². The fourth-order valence-corrected chi connectivity index (χ4v) is 1.76. The zero-order chi connectivity index (χ0) is 15.1. The van der Waals surface area contributed by atoms with Gasteiger partial charge in [-0.3, -0.25) is 19.8 Å². The van der Waals surface area contributed by atoms with Gasteiger partial charge < -0.3 is 10.5 Å². The van der Waals surface area contributed by atoms with Gasteiger partial charge in [-0.05, 0) is 12.5 Å². The van der Waals surface area contributed by atoms with E-state index in [9.17, 15) is 14.9 Å². The maximum Gasteiger partial charge on any atom is 0.269 e. The molecule has 0 aliphatic carbocycles. The maximum atomic E-state index is 11.3. The summed E-state index contributed by atoms with van der Waals surface area (Å²) in [5.41, 5.74) is 6.23. The number of benzene rings is 1. The number of hydrogen-bond acceptors (Lipinski definition) is 5. The van der Waals surface area contributed by atoms with Crippen LogP contribution in [0, 0.1) is 10.1 Å². The van der Waals surface area contributed by atoms with Gasteiger partial charge in [0, 0.05) is 32.3 Å². The number of amides is 1. The first-order chi connectivity index (χ1) is 9.45. The van der Waals surface area contributed by atoms with Crippen molar-refractivity contribution in [1.29, 1.82) is 0 Å². The summed E-state index contributed by atoms with van der Waals surface area (Å²) in [7, 11) is 1.58. The summed E-state index contributed by atoms with van der Waals surface area (Å²) >= 11 is 0. The van der Waals surface area contributed by atoms with Crippen LogP contribution in [0.4, 0.5) is 5.69 Å². The van der Waals surface area contributed by atoms with Crippen molar-refractivity contribution in [2.24, 2.45) is 5.73 Å². The van der Waals surface area contributed by atoms with E-state index in [1.165, 1.54) is 12.1 Å². The van der Waals surface area contributed by atoms with Gasteiger partial charge in [-0.1, -0.05) is 12.1 Å². The first-order valence-corrected chi connectivity index (χ1v) is 6.21. The average Bonchev–Trinajstić information content (AvgIpc) is 2.43. The van der Waals surface area contributed by atoms with Gasteiger partial charge >= 0.3 is 0 Å². The van der Waals surface area contributed by atoms with E-state index in [0.717, 1.165) is 5.56 Å². The van der Waals surface area contributed by atoms with Crippen LogP contribution in [0.2, 0.25) is 0 Å². The van der Waals surface area contributed by atoms with Crippen molar-refractivity contribution in [3.05, 3.63) is 39.9 Å². The molecule has 1 aromatic rings. The molecule has 110 valence electrons. The van der Waals surface area contributed by atoms with Crippen LogP contribution in [0.15, 0.2) is 24.3 Å². The van der Waals surface area contributed by atoms with Gasteiger partial charge in [0.05, 0.1) is 17.6 Å². The lowest BCUT2D eigenvalue weighted by atomic mass is 10.1. The van der Waals surface area contributed by atoms with Crippen molar-refractivity contribution in [2.45, 2.75) is 19.5 Å². The predicted molar refractivity (Wildman–Crippen MR) is 74.0 cm³/mol. The summed E-state index contributed by atoms with van der Waals surface area (Å²) in [5.74, 6) is -0.414. The molecular formula is C13H19N3O4. The largest absolute Gasteiger partial charge is 0.383 e. The monoisotopic (exact) mass is 281 g/mol. The van der Waals surface area contributed by atoms with E-state index >= 15 is 0 Å². The summed E-state index contributed by atoms with van der Waals surface area (Å²) in [6.45, 7) is 3.23. The predicted octanol–water partition coefficient (Wildman–Crippen LogP) is 0.917. The van der Waals surface area contributed by atoms with Gasteiger partial charge in [-0.2, -0.15) is 0 Å². The van der Waals surface area contributed by atoms with Crippen molar-refractivity contribution in [2.75, 3.05) is 20.3 Å². The van der Waals surface area contributed by atoms with E-state index in [1.807, 2.05) is 4.90 Å². The van der Waals surface area contributed by atoms with Gasteiger partial charge in [0.2, 0.25) is 5.91 Å². The second-order valence-electron chi connectivity index (χ2n) is 4.47. The van der Waals surface area contributed by atoms with E-state index in [-0.39, 0.29) is 5.69 Å². The van der Waals surface area contributed by atoms with Gasteiger partial charge in [0.15, 0.2) is 0 Å². The Morgan fingerprint density at radius 3 is 2.50 bits per heavy atom. The lowest BCUT2D eigenvalue weighted by molar-refractivity contribution is -0.384. The van der Waals surface area contributed by atoms with Crippen molar-refractivity contribution < 1.29 is 14.5 Å². The number of non-ortho nitro benzene ring substituents is 1. The molecule has 0 heterocycles. The molecule has 1 aromatic carbocycles. The van der Waals surface area contributed by atoms with Crippen molar-refractivity contribution in [1.82, 2.24) is 4.90 Å². The molecule has 0 fully saturated rings. The third-order valence-electron chi connectivity index (χ3n) is 3.07. The number of carbonyl (C=O) groups excluding carboxylic acids is 1. The van der Waals surface area contributed by atoms with Gasteiger partial charge in [-0.25, -0.2) is 0 Å². The summed E-state index contributed by atoms with van der Waals surface area (Å²) in [6, 6.07) is 5.80. The Morgan fingerprint density at radius 2 is 2.05 bits per heavy atom. The lowest BCUT2D eigenvalue weighted by Gasteiger charge is -2.26. The number of hydrogen-bond donors (Lipinski definition) is 1. The summed E-state index contributed by atoms with van der Waals surface area (Å²) < 4.78 is 5.01. The number of ether oxygens (including phenoxy) is 1. The van der Waals surface area contributed by atoms with Gasteiger partial charge in [0.1, 0.15) is 0 Å². The minimum Gasteiger partial charge on any atom is -0.383 e. The molecule has 0 spiro atoms. The number of nitrogens with two attached hydrogens (primary N) is 1. The van der Waals surface area contributed by atoms with Crippen LogP contribution >= 0.6 is 0 Å². The topological polar surface area (TPSA) is 98.7 Å². The van der Waals surface area contributed by atoms with Crippen molar-refractivity contribution >= 4 is 11.6 Å². The molecule has 0 aromatic heterocycles. The fraction of sp³-hybridized carbons (Fsp3) is 0.462. The van der Waals surface area contributed by atoms with Crippen LogP contribution in [-0.4, -0.2) is 42.0 Å². The Bertz CT molecular complexity index is 461. The van der Waals surface area contributed by atoms with Crippen LogP contribution in [0.3, 0.4) is 0 Å². The smallest absolute Gasteiger partial charge is 0.269 e. The highest BCUT2D eigenvalue weighted by Gasteiger charge is 2.19. The molecular weight excluding hydrogens is 262 g/mol. The van der Waals surface area contributed by atoms with E-state index < -0.39 is 16.9 Å². The molecule has 0 aliphatic heterocycles. The van der Waals surface area contributed by atoms with Gasteiger partial charge in [0.25, 0.3) is 5.69 Å². The van der Waals surface area contributed by atoms with Crippen LogP contribution < -0.4 is 5.73 Å². The third kappa shape index (κ3) is 4.60. The van der Waals surface area contributed by atoms with Crippen LogP contribution in [0.5, 0.6) is 0 Å². The summed E-state index contributed by atoms with van der Waals surface area (Å²) in [4.78, 5) is 23.3.